The van der Waals surface area contributed by atoms with Crippen molar-refractivity contribution in [2.45, 2.75) is 38.8 Å². The summed E-state index contributed by atoms with van der Waals surface area (Å²) in [6, 6.07) is 4.27. The highest BCUT2D eigenvalue weighted by atomic mass is 16.5. The van der Waals surface area contributed by atoms with E-state index < -0.39 is 6.04 Å². The molecule has 0 aliphatic carbocycles. The Kier molecular flexibility index (Phi) is 7.26. The van der Waals surface area contributed by atoms with Gasteiger partial charge in [0, 0.05) is 24.8 Å². The second-order valence-corrected chi connectivity index (χ2v) is 6.68. The molecular weight excluding hydrogens is 336 g/mol. The lowest BCUT2D eigenvalue weighted by atomic mass is 10.0. The largest absolute Gasteiger partial charge is 0.497 e. The van der Waals surface area contributed by atoms with E-state index in [2.05, 4.69) is 10.6 Å². The van der Waals surface area contributed by atoms with Crippen molar-refractivity contribution in [1.29, 1.82) is 0 Å². The maximum absolute atomic E-state index is 12.6. The molecule has 26 heavy (non-hydrogen) atoms. The van der Waals surface area contributed by atoms with E-state index in [0.29, 0.717) is 23.6 Å². The number of carbonyl (C=O) groups is 2. The number of nitrogens with one attached hydrogen (secondary N) is 2. The van der Waals surface area contributed by atoms with Crippen molar-refractivity contribution in [2.24, 2.45) is 5.92 Å². The standard InChI is InChI=1S/C19H28N2O5/c1-12(2)17(19(23)20-11-14-6-5-7-26-14)21-18(22)13-8-15(24-3)10-16(9-13)25-4/h8-10,12,14,17H,5-7,11H2,1-4H3,(H,20,23)(H,21,22)/t14-,17-/m1/s1. The maximum atomic E-state index is 12.6. The highest BCUT2D eigenvalue weighted by molar-refractivity contribution is 5.98. The number of amides is 2. The molecular formula is C19H28N2O5. The van der Waals surface area contributed by atoms with Crippen molar-refractivity contribution < 1.29 is 23.8 Å². The second kappa shape index (κ2) is 9.43. The van der Waals surface area contributed by atoms with Crippen molar-refractivity contribution in [3.8, 4) is 11.5 Å². The van der Waals surface area contributed by atoms with Gasteiger partial charge >= 0.3 is 0 Å². The van der Waals surface area contributed by atoms with E-state index in [1.807, 2.05) is 13.8 Å². The Hall–Kier alpha value is -2.28. The fourth-order valence-electron chi connectivity index (χ4n) is 2.83. The Morgan fingerprint density at radius 3 is 2.35 bits per heavy atom. The molecule has 7 nitrogen and oxygen atoms in total. The Morgan fingerprint density at radius 1 is 1.19 bits per heavy atom. The first-order valence-corrected chi connectivity index (χ1v) is 8.87. The van der Waals surface area contributed by atoms with Crippen molar-refractivity contribution in [1.82, 2.24) is 10.6 Å². The van der Waals surface area contributed by atoms with Crippen molar-refractivity contribution in [3.05, 3.63) is 23.8 Å². The van der Waals surface area contributed by atoms with E-state index in [1.54, 1.807) is 18.2 Å². The van der Waals surface area contributed by atoms with Gasteiger partial charge in [-0.2, -0.15) is 0 Å². The molecule has 144 valence electrons. The van der Waals surface area contributed by atoms with Crippen LogP contribution in [-0.4, -0.2) is 51.3 Å². The number of rotatable bonds is 8. The molecule has 0 spiro atoms. The topological polar surface area (TPSA) is 85.9 Å². The van der Waals surface area contributed by atoms with Crippen LogP contribution in [0, 0.1) is 5.92 Å². The highest BCUT2D eigenvalue weighted by Gasteiger charge is 2.26. The summed E-state index contributed by atoms with van der Waals surface area (Å²) in [5, 5.41) is 5.69. The molecule has 1 fully saturated rings. The van der Waals surface area contributed by atoms with Crippen LogP contribution >= 0.6 is 0 Å². The van der Waals surface area contributed by atoms with Crippen LogP contribution in [0.3, 0.4) is 0 Å². The van der Waals surface area contributed by atoms with Crippen molar-refractivity contribution in [2.75, 3.05) is 27.4 Å². The quantitative estimate of drug-likeness (QED) is 0.734. The van der Waals surface area contributed by atoms with Crippen LogP contribution in [0.1, 0.15) is 37.0 Å². The van der Waals surface area contributed by atoms with E-state index >= 15 is 0 Å². The summed E-state index contributed by atoms with van der Waals surface area (Å²) in [7, 11) is 3.04. The van der Waals surface area contributed by atoms with Gasteiger partial charge in [-0.1, -0.05) is 13.8 Å². The molecule has 2 amide bonds. The predicted molar refractivity (Wildman–Crippen MR) is 97.6 cm³/mol. The average molecular weight is 364 g/mol. The maximum Gasteiger partial charge on any atom is 0.252 e. The molecule has 1 heterocycles. The third-order valence-electron chi connectivity index (χ3n) is 4.38. The van der Waals surface area contributed by atoms with Gasteiger partial charge in [0.05, 0.1) is 20.3 Å². The van der Waals surface area contributed by atoms with E-state index in [4.69, 9.17) is 14.2 Å². The highest BCUT2D eigenvalue weighted by Crippen LogP contribution is 2.22. The van der Waals surface area contributed by atoms with E-state index in [-0.39, 0.29) is 23.8 Å². The first kappa shape index (κ1) is 20.0. The minimum atomic E-state index is -0.638. The van der Waals surface area contributed by atoms with Gasteiger partial charge in [-0.3, -0.25) is 9.59 Å². The number of methoxy groups -OCH3 is 2. The molecule has 0 bridgehead atoms. The molecule has 2 atom stereocenters. The van der Waals surface area contributed by atoms with Crippen LogP contribution in [0.15, 0.2) is 18.2 Å². The molecule has 2 N–H and O–H groups in total. The number of carbonyl (C=O) groups excluding carboxylic acids is 2. The third kappa shape index (κ3) is 5.36. The Balaban J connectivity index is 2.03. The van der Waals surface area contributed by atoms with E-state index in [0.717, 1.165) is 19.4 Å². The normalized spacial score (nSPS) is 17.7. The van der Waals surface area contributed by atoms with Crippen LogP contribution in [0.4, 0.5) is 0 Å². The SMILES string of the molecule is COc1cc(OC)cc(C(=O)N[C@@H](C(=O)NC[C@H]2CCCO2)C(C)C)c1. The van der Waals surface area contributed by atoms with Gasteiger partial charge in [0.15, 0.2) is 0 Å². The predicted octanol–water partition coefficient (Wildman–Crippen LogP) is 1.75. The zero-order valence-electron chi connectivity index (χ0n) is 15.8. The second-order valence-electron chi connectivity index (χ2n) is 6.68. The van der Waals surface area contributed by atoms with Gasteiger partial charge in [-0.15, -0.1) is 0 Å². The molecule has 7 heteroatoms. The van der Waals surface area contributed by atoms with Crippen LogP contribution in [-0.2, 0) is 9.53 Å². The Labute approximate surface area is 154 Å². The minimum Gasteiger partial charge on any atom is -0.497 e. The Morgan fingerprint density at radius 2 is 1.85 bits per heavy atom. The number of ether oxygens (including phenoxy) is 3. The van der Waals surface area contributed by atoms with Crippen LogP contribution in [0.2, 0.25) is 0 Å². The minimum absolute atomic E-state index is 0.0593. The fraction of sp³-hybridized carbons (Fsp3) is 0.579. The number of benzene rings is 1. The van der Waals surface area contributed by atoms with Crippen LogP contribution < -0.4 is 20.1 Å². The molecule has 1 aromatic carbocycles. The van der Waals surface area contributed by atoms with Gasteiger partial charge in [0.1, 0.15) is 17.5 Å². The van der Waals surface area contributed by atoms with Crippen molar-refractivity contribution >= 4 is 11.8 Å². The first-order valence-electron chi connectivity index (χ1n) is 8.87. The first-order chi connectivity index (χ1) is 12.4. The van der Waals surface area contributed by atoms with Crippen LogP contribution in [0.25, 0.3) is 0 Å². The zero-order chi connectivity index (χ0) is 19.1. The van der Waals surface area contributed by atoms with E-state index in [1.165, 1.54) is 14.2 Å². The average Bonchev–Trinajstić information content (AvgIpc) is 3.16. The summed E-state index contributed by atoms with van der Waals surface area (Å²) in [6.45, 7) is 4.99. The summed E-state index contributed by atoms with van der Waals surface area (Å²) in [5.74, 6) is 0.402. The number of hydrogen-bond donors (Lipinski definition) is 2. The van der Waals surface area contributed by atoms with E-state index in [9.17, 15) is 9.59 Å². The summed E-state index contributed by atoms with van der Waals surface area (Å²) in [4.78, 5) is 25.2. The molecule has 1 aliphatic heterocycles. The van der Waals surface area contributed by atoms with Gasteiger partial charge in [0.2, 0.25) is 5.91 Å². The lowest BCUT2D eigenvalue weighted by molar-refractivity contribution is -0.124. The molecule has 0 aromatic heterocycles. The molecule has 1 saturated heterocycles. The Bertz CT molecular complexity index is 604. The van der Waals surface area contributed by atoms with Gasteiger partial charge in [-0.05, 0) is 30.9 Å². The summed E-state index contributed by atoms with van der Waals surface area (Å²) < 4.78 is 15.9. The zero-order valence-corrected chi connectivity index (χ0v) is 15.8. The van der Waals surface area contributed by atoms with Crippen LogP contribution in [0.5, 0.6) is 11.5 Å². The van der Waals surface area contributed by atoms with Crippen molar-refractivity contribution in [3.63, 3.8) is 0 Å². The molecule has 0 unspecified atom stereocenters. The summed E-state index contributed by atoms with van der Waals surface area (Å²) >= 11 is 0. The van der Waals surface area contributed by atoms with Gasteiger partial charge < -0.3 is 24.8 Å². The molecule has 0 radical (unpaired) electrons. The lowest BCUT2D eigenvalue weighted by Gasteiger charge is -2.23. The van der Waals surface area contributed by atoms with Gasteiger partial charge in [-0.25, -0.2) is 0 Å². The fourth-order valence-corrected chi connectivity index (χ4v) is 2.83. The number of hydrogen-bond acceptors (Lipinski definition) is 5. The third-order valence-corrected chi connectivity index (χ3v) is 4.38. The molecule has 1 aliphatic rings. The monoisotopic (exact) mass is 364 g/mol. The molecule has 1 aromatic rings. The summed E-state index contributed by atoms with van der Waals surface area (Å²) in [6.07, 6.45) is 2.02. The summed E-state index contributed by atoms with van der Waals surface area (Å²) in [5.41, 5.74) is 0.374. The smallest absolute Gasteiger partial charge is 0.252 e. The molecule has 2 rings (SSSR count). The lowest BCUT2D eigenvalue weighted by Crippen LogP contribution is -2.50. The molecule has 0 saturated carbocycles. The van der Waals surface area contributed by atoms with Gasteiger partial charge in [0.25, 0.3) is 5.91 Å².